The summed E-state index contributed by atoms with van der Waals surface area (Å²) in [7, 11) is 1.67. The summed E-state index contributed by atoms with van der Waals surface area (Å²) in [5.41, 5.74) is 1.10. The van der Waals surface area contributed by atoms with Gasteiger partial charge in [-0.25, -0.2) is 0 Å². The summed E-state index contributed by atoms with van der Waals surface area (Å²) in [6.07, 6.45) is 4.85. The minimum atomic E-state index is 0.530. The minimum Gasteiger partial charge on any atom is -0.493 e. The molecule has 1 rings (SSSR count). The van der Waals surface area contributed by atoms with Gasteiger partial charge < -0.3 is 14.8 Å². The molecule has 1 N–H and O–H groups in total. The Balaban J connectivity index is 2.74. The largest absolute Gasteiger partial charge is 0.493 e. The van der Waals surface area contributed by atoms with Crippen LogP contribution < -0.4 is 14.8 Å². The van der Waals surface area contributed by atoms with Gasteiger partial charge in [-0.1, -0.05) is 26.7 Å². The average molecular weight is 265 g/mol. The fraction of sp³-hybridized carbons (Fsp3) is 0.625. The smallest absolute Gasteiger partial charge is 0.163 e. The van der Waals surface area contributed by atoms with E-state index in [2.05, 4.69) is 25.2 Å². The predicted molar refractivity (Wildman–Crippen MR) is 81.4 cm³/mol. The van der Waals surface area contributed by atoms with Crippen LogP contribution in [0.25, 0.3) is 0 Å². The van der Waals surface area contributed by atoms with Gasteiger partial charge in [0.05, 0.1) is 13.7 Å². The molecule has 0 radical (unpaired) electrons. The van der Waals surface area contributed by atoms with Crippen LogP contribution in [0.5, 0.6) is 11.5 Å². The molecule has 1 atom stereocenters. The maximum atomic E-state index is 5.60. The number of ether oxygens (including phenoxy) is 2. The van der Waals surface area contributed by atoms with Crippen molar-refractivity contribution in [3.63, 3.8) is 0 Å². The summed E-state index contributed by atoms with van der Waals surface area (Å²) < 4.78 is 10.9. The van der Waals surface area contributed by atoms with E-state index in [1.165, 1.54) is 19.3 Å². The summed E-state index contributed by atoms with van der Waals surface area (Å²) in [5.74, 6) is 1.59. The van der Waals surface area contributed by atoms with E-state index < -0.39 is 0 Å². The number of benzene rings is 1. The fourth-order valence-electron chi connectivity index (χ4n) is 2.10. The zero-order chi connectivity index (χ0) is 14.1. The highest BCUT2D eigenvalue weighted by atomic mass is 16.5. The van der Waals surface area contributed by atoms with Crippen molar-refractivity contribution in [2.45, 2.75) is 52.5 Å². The van der Waals surface area contributed by atoms with Crippen molar-refractivity contribution in [2.24, 2.45) is 0 Å². The molecule has 3 heteroatoms. The van der Waals surface area contributed by atoms with Crippen molar-refractivity contribution in [1.82, 2.24) is 0 Å². The summed E-state index contributed by atoms with van der Waals surface area (Å²) >= 11 is 0. The van der Waals surface area contributed by atoms with Crippen LogP contribution in [0.1, 0.15) is 46.5 Å². The third kappa shape index (κ3) is 5.01. The third-order valence-electron chi connectivity index (χ3n) is 3.23. The topological polar surface area (TPSA) is 30.5 Å². The third-order valence-corrected chi connectivity index (χ3v) is 3.23. The van der Waals surface area contributed by atoms with Crippen LogP contribution in [-0.4, -0.2) is 19.8 Å². The highest BCUT2D eigenvalue weighted by Crippen LogP contribution is 2.30. The standard InChI is InChI=1S/C16H27NO2/c1-5-8-9-13(6-2)17-14-10-11-15(18-4)16(12-14)19-7-3/h10-13,17H,5-9H2,1-4H3. The van der Waals surface area contributed by atoms with Crippen molar-refractivity contribution < 1.29 is 9.47 Å². The summed E-state index contributed by atoms with van der Waals surface area (Å²) in [6.45, 7) is 7.08. The molecular weight excluding hydrogens is 238 g/mol. The number of rotatable bonds is 9. The first-order valence-corrected chi connectivity index (χ1v) is 7.32. The van der Waals surface area contributed by atoms with E-state index in [4.69, 9.17) is 9.47 Å². The minimum absolute atomic E-state index is 0.530. The first-order valence-electron chi connectivity index (χ1n) is 7.32. The van der Waals surface area contributed by atoms with Gasteiger partial charge in [0.2, 0.25) is 0 Å². The van der Waals surface area contributed by atoms with Gasteiger partial charge in [0.15, 0.2) is 11.5 Å². The van der Waals surface area contributed by atoms with Crippen molar-refractivity contribution in [3.8, 4) is 11.5 Å². The molecule has 0 spiro atoms. The Morgan fingerprint density at radius 2 is 1.95 bits per heavy atom. The number of unbranched alkanes of at least 4 members (excludes halogenated alkanes) is 1. The normalized spacial score (nSPS) is 12.0. The van der Waals surface area contributed by atoms with Crippen LogP contribution in [0.3, 0.4) is 0 Å². The Morgan fingerprint density at radius 3 is 2.53 bits per heavy atom. The molecule has 0 aliphatic carbocycles. The van der Waals surface area contributed by atoms with Crippen molar-refractivity contribution in [3.05, 3.63) is 18.2 Å². The molecule has 0 saturated carbocycles. The predicted octanol–water partition coefficient (Wildman–Crippen LogP) is 4.47. The lowest BCUT2D eigenvalue weighted by Crippen LogP contribution is -2.18. The highest BCUT2D eigenvalue weighted by molar-refractivity contribution is 5.55. The second-order valence-corrected chi connectivity index (χ2v) is 4.69. The molecular formula is C16H27NO2. The van der Waals surface area contributed by atoms with Gasteiger partial charge in [-0.3, -0.25) is 0 Å². The molecule has 0 fully saturated rings. The molecule has 1 aromatic carbocycles. The maximum absolute atomic E-state index is 5.60. The van der Waals surface area contributed by atoms with Gasteiger partial charge in [0, 0.05) is 17.8 Å². The van der Waals surface area contributed by atoms with Gasteiger partial charge in [-0.2, -0.15) is 0 Å². The molecule has 0 bridgehead atoms. The van der Waals surface area contributed by atoms with Crippen LogP contribution in [-0.2, 0) is 0 Å². The molecule has 0 aliphatic heterocycles. The molecule has 0 heterocycles. The molecule has 0 amide bonds. The van der Waals surface area contributed by atoms with E-state index in [9.17, 15) is 0 Å². The molecule has 1 unspecified atom stereocenters. The molecule has 1 aromatic rings. The Morgan fingerprint density at radius 1 is 1.16 bits per heavy atom. The van der Waals surface area contributed by atoms with E-state index in [1.807, 2.05) is 19.1 Å². The maximum Gasteiger partial charge on any atom is 0.163 e. The van der Waals surface area contributed by atoms with E-state index >= 15 is 0 Å². The van der Waals surface area contributed by atoms with E-state index in [-0.39, 0.29) is 0 Å². The van der Waals surface area contributed by atoms with Crippen LogP contribution in [0.2, 0.25) is 0 Å². The second kappa shape index (κ2) is 8.68. The van der Waals surface area contributed by atoms with Gasteiger partial charge in [-0.05, 0) is 31.9 Å². The zero-order valence-corrected chi connectivity index (χ0v) is 12.7. The Kier molecular flexibility index (Phi) is 7.16. The lowest BCUT2D eigenvalue weighted by molar-refractivity contribution is 0.311. The summed E-state index contributed by atoms with van der Waals surface area (Å²) in [6, 6.07) is 6.56. The Bertz CT molecular complexity index is 366. The zero-order valence-electron chi connectivity index (χ0n) is 12.7. The lowest BCUT2D eigenvalue weighted by Gasteiger charge is -2.19. The van der Waals surface area contributed by atoms with Crippen LogP contribution in [0, 0.1) is 0 Å². The fourth-order valence-corrected chi connectivity index (χ4v) is 2.10. The average Bonchev–Trinajstić information content (AvgIpc) is 2.44. The first kappa shape index (κ1) is 15.7. The Hall–Kier alpha value is -1.38. The highest BCUT2D eigenvalue weighted by Gasteiger charge is 2.09. The quantitative estimate of drug-likeness (QED) is 0.714. The SMILES string of the molecule is CCCCC(CC)Nc1ccc(OC)c(OCC)c1. The van der Waals surface area contributed by atoms with Gasteiger partial charge >= 0.3 is 0 Å². The molecule has 3 nitrogen and oxygen atoms in total. The number of anilines is 1. The van der Waals surface area contributed by atoms with Gasteiger partial charge in [-0.15, -0.1) is 0 Å². The van der Waals surface area contributed by atoms with E-state index in [0.29, 0.717) is 12.6 Å². The van der Waals surface area contributed by atoms with Gasteiger partial charge in [0.1, 0.15) is 0 Å². The number of hydrogen-bond donors (Lipinski definition) is 1. The van der Waals surface area contributed by atoms with Crippen molar-refractivity contribution in [1.29, 1.82) is 0 Å². The Labute approximate surface area is 117 Å². The molecule has 0 aromatic heterocycles. The summed E-state index contributed by atoms with van der Waals surface area (Å²) in [5, 5.41) is 3.58. The number of methoxy groups -OCH3 is 1. The molecule has 0 saturated heterocycles. The number of nitrogens with one attached hydrogen (secondary N) is 1. The lowest BCUT2D eigenvalue weighted by atomic mass is 10.1. The van der Waals surface area contributed by atoms with E-state index in [1.54, 1.807) is 7.11 Å². The van der Waals surface area contributed by atoms with Crippen molar-refractivity contribution >= 4 is 5.69 Å². The van der Waals surface area contributed by atoms with Crippen LogP contribution in [0.15, 0.2) is 18.2 Å². The molecule has 19 heavy (non-hydrogen) atoms. The van der Waals surface area contributed by atoms with E-state index in [0.717, 1.165) is 23.6 Å². The van der Waals surface area contributed by atoms with Crippen molar-refractivity contribution in [2.75, 3.05) is 19.0 Å². The molecule has 108 valence electrons. The van der Waals surface area contributed by atoms with Crippen LogP contribution >= 0.6 is 0 Å². The second-order valence-electron chi connectivity index (χ2n) is 4.69. The first-order chi connectivity index (χ1) is 9.24. The summed E-state index contributed by atoms with van der Waals surface area (Å²) in [4.78, 5) is 0. The van der Waals surface area contributed by atoms with Gasteiger partial charge in [0.25, 0.3) is 0 Å². The monoisotopic (exact) mass is 265 g/mol. The number of hydrogen-bond acceptors (Lipinski definition) is 3. The van der Waals surface area contributed by atoms with Crippen LogP contribution in [0.4, 0.5) is 5.69 Å². The molecule has 0 aliphatic rings.